The van der Waals surface area contributed by atoms with Gasteiger partial charge in [-0.15, -0.1) is 11.6 Å². The minimum Gasteiger partial charge on any atom is -0.215 e. The van der Waals surface area contributed by atoms with Crippen molar-refractivity contribution in [2.45, 2.75) is 26.2 Å². The molecule has 1 atom stereocenters. The lowest BCUT2D eigenvalue weighted by Gasteiger charge is -2.14. The summed E-state index contributed by atoms with van der Waals surface area (Å²) < 4.78 is 24.1. The quantitative estimate of drug-likeness (QED) is 0.672. The van der Waals surface area contributed by atoms with Crippen LogP contribution in [0.1, 0.15) is 26.2 Å². The molecule has 0 aliphatic carbocycles. The van der Waals surface area contributed by atoms with E-state index in [-0.39, 0.29) is 0 Å². The summed E-state index contributed by atoms with van der Waals surface area (Å²) in [5, 5.41) is 0. The Labute approximate surface area is 85.9 Å². The van der Waals surface area contributed by atoms with Gasteiger partial charge in [-0.25, -0.2) is 13.1 Å². The molecule has 5 heteroatoms. The molecule has 0 radical (unpaired) electrons. The van der Waals surface area contributed by atoms with E-state index in [1.807, 2.05) is 0 Å². The van der Waals surface area contributed by atoms with Crippen molar-refractivity contribution < 1.29 is 8.42 Å². The second-order valence-corrected chi connectivity index (χ2v) is 5.46. The van der Waals surface area contributed by atoms with Crippen molar-refractivity contribution in [3.8, 4) is 0 Å². The fourth-order valence-electron chi connectivity index (χ4n) is 1.18. The number of halogens is 1. The van der Waals surface area contributed by atoms with E-state index < -0.39 is 10.0 Å². The predicted molar refractivity (Wildman–Crippen MR) is 56.6 cm³/mol. The average molecular weight is 228 g/mol. The van der Waals surface area contributed by atoms with Crippen molar-refractivity contribution in [3.63, 3.8) is 0 Å². The number of sulfonamides is 1. The molecular weight excluding hydrogens is 210 g/mol. The van der Waals surface area contributed by atoms with Gasteiger partial charge in [-0.1, -0.05) is 13.3 Å². The van der Waals surface area contributed by atoms with Crippen LogP contribution in [0.4, 0.5) is 0 Å². The summed E-state index contributed by atoms with van der Waals surface area (Å²) >= 11 is 5.60. The van der Waals surface area contributed by atoms with Gasteiger partial charge in [-0.05, 0) is 18.8 Å². The molecule has 0 spiro atoms. The Bertz CT molecular complexity index is 210. The van der Waals surface area contributed by atoms with E-state index in [0.717, 1.165) is 19.3 Å². The summed E-state index contributed by atoms with van der Waals surface area (Å²) in [6, 6.07) is 0. The van der Waals surface area contributed by atoms with Crippen molar-refractivity contribution in [1.29, 1.82) is 0 Å². The first-order valence-electron chi connectivity index (χ1n) is 4.50. The lowest BCUT2D eigenvalue weighted by molar-refractivity contribution is 0.458. The number of nitrogens with one attached hydrogen (secondary N) is 1. The zero-order valence-corrected chi connectivity index (χ0v) is 9.79. The molecule has 0 rings (SSSR count). The van der Waals surface area contributed by atoms with Crippen LogP contribution in [-0.4, -0.2) is 27.1 Å². The number of alkyl halides is 1. The summed E-state index contributed by atoms with van der Waals surface area (Å²) in [5.41, 5.74) is 0. The average Bonchev–Trinajstić information content (AvgIpc) is 2.00. The van der Waals surface area contributed by atoms with Crippen molar-refractivity contribution in [2.24, 2.45) is 5.92 Å². The molecule has 0 bridgehead atoms. The van der Waals surface area contributed by atoms with Crippen LogP contribution in [0.3, 0.4) is 0 Å². The zero-order valence-electron chi connectivity index (χ0n) is 8.22. The summed E-state index contributed by atoms with van der Waals surface area (Å²) in [4.78, 5) is 0. The summed E-state index contributed by atoms with van der Waals surface area (Å²) in [6.07, 6.45) is 4.14. The van der Waals surface area contributed by atoms with Gasteiger partial charge >= 0.3 is 0 Å². The van der Waals surface area contributed by atoms with Crippen LogP contribution < -0.4 is 4.72 Å². The highest BCUT2D eigenvalue weighted by atomic mass is 35.5. The standard InChI is InChI=1S/C8H18ClNO2S/c1-3-4-8(5-6-9)7-10-13(2,11)12/h8,10H,3-7H2,1-2H3. The van der Waals surface area contributed by atoms with E-state index in [4.69, 9.17) is 11.6 Å². The predicted octanol–water partition coefficient (Wildman–Crippen LogP) is 1.58. The first-order valence-corrected chi connectivity index (χ1v) is 6.92. The molecule has 3 nitrogen and oxygen atoms in total. The first-order chi connectivity index (χ1) is 5.99. The maximum absolute atomic E-state index is 10.8. The molecule has 0 saturated heterocycles. The molecule has 0 amide bonds. The van der Waals surface area contributed by atoms with Gasteiger partial charge in [0.2, 0.25) is 10.0 Å². The number of rotatable bonds is 7. The molecule has 0 fully saturated rings. The van der Waals surface area contributed by atoms with Crippen LogP contribution in [0.5, 0.6) is 0 Å². The fourth-order valence-corrected chi connectivity index (χ4v) is 2.03. The molecular formula is C8H18ClNO2S. The maximum atomic E-state index is 10.8. The lowest BCUT2D eigenvalue weighted by Crippen LogP contribution is -2.28. The van der Waals surface area contributed by atoms with E-state index >= 15 is 0 Å². The molecule has 13 heavy (non-hydrogen) atoms. The third-order valence-electron chi connectivity index (χ3n) is 1.85. The van der Waals surface area contributed by atoms with E-state index in [1.54, 1.807) is 0 Å². The number of hydrogen-bond acceptors (Lipinski definition) is 2. The second kappa shape index (κ2) is 6.62. The monoisotopic (exact) mass is 227 g/mol. The Hall–Kier alpha value is 0.200. The van der Waals surface area contributed by atoms with Gasteiger partial charge in [-0.3, -0.25) is 0 Å². The highest BCUT2D eigenvalue weighted by molar-refractivity contribution is 7.88. The van der Waals surface area contributed by atoms with Gasteiger partial charge < -0.3 is 0 Å². The van der Waals surface area contributed by atoms with E-state index in [1.165, 1.54) is 6.26 Å². The van der Waals surface area contributed by atoms with Gasteiger partial charge in [0.1, 0.15) is 0 Å². The van der Waals surface area contributed by atoms with Gasteiger partial charge in [0, 0.05) is 12.4 Å². The molecule has 0 aromatic rings. The lowest BCUT2D eigenvalue weighted by atomic mass is 10.0. The van der Waals surface area contributed by atoms with Crippen molar-refractivity contribution in [3.05, 3.63) is 0 Å². The van der Waals surface area contributed by atoms with Gasteiger partial charge in [0.05, 0.1) is 6.26 Å². The van der Waals surface area contributed by atoms with E-state index in [2.05, 4.69) is 11.6 Å². The first kappa shape index (κ1) is 13.2. The van der Waals surface area contributed by atoms with E-state index in [9.17, 15) is 8.42 Å². The summed E-state index contributed by atoms with van der Waals surface area (Å²) in [6.45, 7) is 2.60. The molecule has 0 aliphatic heterocycles. The maximum Gasteiger partial charge on any atom is 0.208 e. The van der Waals surface area contributed by atoms with Gasteiger partial charge in [0.25, 0.3) is 0 Å². The topological polar surface area (TPSA) is 46.2 Å². The Morgan fingerprint density at radius 1 is 1.38 bits per heavy atom. The molecule has 0 heterocycles. The SMILES string of the molecule is CCCC(CCCl)CNS(C)(=O)=O. The van der Waals surface area contributed by atoms with Gasteiger partial charge in [-0.2, -0.15) is 0 Å². The highest BCUT2D eigenvalue weighted by Gasteiger charge is 2.09. The largest absolute Gasteiger partial charge is 0.215 e. The van der Waals surface area contributed by atoms with Crippen molar-refractivity contribution in [1.82, 2.24) is 4.72 Å². The molecule has 80 valence electrons. The normalized spacial score (nSPS) is 14.4. The Balaban J connectivity index is 3.81. The van der Waals surface area contributed by atoms with Crippen LogP contribution in [0.2, 0.25) is 0 Å². The van der Waals surface area contributed by atoms with Crippen LogP contribution in [0, 0.1) is 5.92 Å². The Kier molecular flexibility index (Phi) is 6.73. The summed E-state index contributed by atoms with van der Waals surface area (Å²) in [7, 11) is -3.05. The van der Waals surface area contributed by atoms with Crippen LogP contribution in [0.25, 0.3) is 0 Å². The third-order valence-corrected chi connectivity index (χ3v) is 2.76. The smallest absolute Gasteiger partial charge is 0.208 e. The van der Waals surface area contributed by atoms with Gasteiger partial charge in [0.15, 0.2) is 0 Å². The van der Waals surface area contributed by atoms with Crippen molar-refractivity contribution in [2.75, 3.05) is 18.7 Å². The minimum atomic E-state index is -3.05. The molecule has 1 unspecified atom stereocenters. The molecule has 1 N–H and O–H groups in total. The van der Waals surface area contributed by atoms with E-state index in [0.29, 0.717) is 18.3 Å². The third kappa shape index (κ3) is 8.53. The summed E-state index contributed by atoms with van der Waals surface area (Å²) in [5.74, 6) is 0.966. The molecule has 0 saturated carbocycles. The second-order valence-electron chi connectivity index (χ2n) is 3.25. The fraction of sp³-hybridized carbons (Fsp3) is 1.00. The zero-order chi connectivity index (χ0) is 10.3. The number of hydrogen-bond donors (Lipinski definition) is 1. The minimum absolute atomic E-state index is 0.372. The Morgan fingerprint density at radius 3 is 2.38 bits per heavy atom. The molecule has 0 aromatic heterocycles. The highest BCUT2D eigenvalue weighted by Crippen LogP contribution is 2.11. The van der Waals surface area contributed by atoms with Crippen molar-refractivity contribution >= 4 is 21.6 Å². The molecule has 0 aliphatic rings. The van der Waals surface area contributed by atoms with Crippen LogP contribution >= 0.6 is 11.6 Å². The van der Waals surface area contributed by atoms with Crippen LogP contribution in [0.15, 0.2) is 0 Å². The Morgan fingerprint density at radius 2 is 2.00 bits per heavy atom. The van der Waals surface area contributed by atoms with Crippen LogP contribution in [-0.2, 0) is 10.0 Å². The molecule has 0 aromatic carbocycles.